The molecule has 124 valence electrons. The molecule has 5 N–H and O–H groups in total. The fraction of sp³-hybridized carbons (Fsp3) is 0. The van der Waals surface area contributed by atoms with Crippen molar-refractivity contribution >= 4 is 25.9 Å². The van der Waals surface area contributed by atoms with Gasteiger partial charge in [-0.1, -0.05) is 0 Å². The number of nitrogen functional groups attached to an aromatic ring is 1. The minimum atomic E-state index is -4.79. The third kappa shape index (κ3) is 3.64. The van der Waals surface area contributed by atoms with Gasteiger partial charge in [0.2, 0.25) is 0 Å². The van der Waals surface area contributed by atoms with Crippen molar-refractivity contribution in [3.63, 3.8) is 0 Å². The lowest BCUT2D eigenvalue weighted by Crippen LogP contribution is -2.11. The molecule has 0 bridgehead atoms. The Hall–Kier alpha value is -2.50. The SMILES string of the molecule is Nc1ccc(O)c(S(=O)(=O)Oc2ccc(O)c(S(=O)(=O)O)c2)c1. The summed E-state index contributed by atoms with van der Waals surface area (Å²) in [5.41, 5.74) is 5.49. The van der Waals surface area contributed by atoms with Gasteiger partial charge in [0.15, 0.2) is 0 Å². The Morgan fingerprint density at radius 1 is 0.870 bits per heavy atom. The van der Waals surface area contributed by atoms with E-state index < -0.39 is 47.3 Å². The predicted molar refractivity (Wildman–Crippen MR) is 78.3 cm³/mol. The van der Waals surface area contributed by atoms with Gasteiger partial charge in [-0.25, -0.2) is 0 Å². The van der Waals surface area contributed by atoms with Crippen LogP contribution in [0.1, 0.15) is 0 Å². The van der Waals surface area contributed by atoms with Gasteiger partial charge in [-0.05, 0) is 30.3 Å². The van der Waals surface area contributed by atoms with Gasteiger partial charge >= 0.3 is 10.1 Å². The summed E-state index contributed by atoms with van der Waals surface area (Å²) < 4.78 is 60.0. The van der Waals surface area contributed by atoms with Crippen LogP contribution >= 0.6 is 0 Å². The summed E-state index contributed by atoms with van der Waals surface area (Å²) in [6, 6.07) is 5.68. The highest BCUT2D eigenvalue weighted by Crippen LogP contribution is 2.31. The molecule has 23 heavy (non-hydrogen) atoms. The fourth-order valence-corrected chi connectivity index (χ4v) is 3.30. The molecule has 2 aromatic rings. The summed E-state index contributed by atoms with van der Waals surface area (Å²) in [4.78, 5) is -1.55. The number of aromatic hydroxyl groups is 2. The molecule has 2 aromatic carbocycles. The summed E-state index contributed by atoms with van der Waals surface area (Å²) in [5, 5.41) is 19.0. The lowest BCUT2D eigenvalue weighted by Gasteiger charge is -2.10. The molecule has 11 heteroatoms. The molecule has 0 atom stereocenters. The van der Waals surface area contributed by atoms with E-state index >= 15 is 0 Å². The summed E-state index contributed by atoms with van der Waals surface area (Å²) in [7, 11) is -9.31. The van der Waals surface area contributed by atoms with Crippen molar-refractivity contribution in [1.82, 2.24) is 0 Å². The van der Waals surface area contributed by atoms with E-state index in [-0.39, 0.29) is 5.69 Å². The van der Waals surface area contributed by atoms with Crippen molar-refractivity contribution in [1.29, 1.82) is 0 Å². The van der Waals surface area contributed by atoms with Crippen LogP contribution in [-0.4, -0.2) is 31.6 Å². The second-order valence-corrected chi connectivity index (χ2v) is 7.27. The number of nitrogens with two attached hydrogens (primary N) is 1. The number of hydrogen-bond donors (Lipinski definition) is 4. The Labute approximate surface area is 131 Å². The first kappa shape index (κ1) is 16.9. The third-order valence-electron chi connectivity index (χ3n) is 2.67. The normalized spacial score (nSPS) is 12.0. The predicted octanol–water partition coefficient (Wildman–Crippen LogP) is 0.694. The lowest BCUT2D eigenvalue weighted by molar-refractivity contribution is 0.434. The van der Waals surface area contributed by atoms with Crippen molar-refractivity contribution in [3.8, 4) is 17.2 Å². The average molecular weight is 361 g/mol. The van der Waals surface area contributed by atoms with Gasteiger partial charge in [-0.3, -0.25) is 4.55 Å². The van der Waals surface area contributed by atoms with E-state index in [4.69, 9.17) is 10.3 Å². The number of benzene rings is 2. The first-order valence-corrected chi connectivity index (χ1v) is 8.69. The van der Waals surface area contributed by atoms with Crippen LogP contribution < -0.4 is 9.92 Å². The van der Waals surface area contributed by atoms with Crippen LogP contribution in [0.25, 0.3) is 0 Å². The van der Waals surface area contributed by atoms with Crippen molar-refractivity contribution in [2.24, 2.45) is 0 Å². The Kier molecular flexibility index (Phi) is 4.11. The summed E-state index contributed by atoms with van der Waals surface area (Å²) in [6.07, 6.45) is 0. The number of anilines is 1. The van der Waals surface area contributed by atoms with Crippen molar-refractivity contribution in [2.45, 2.75) is 9.79 Å². The minimum absolute atomic E-state index is 0.0503. The van der Waals surface area contributed by atoms with E-state index in [1.54, 1.807) is 0 Å². The largest absolute Gasteiger partial charge is 0.506 e. The first-order valence-electron chi connectivity index (χ1n) is 5.84. The maximum absolute atomic E-state index is 12.1. The maximum Gasteiger partial charge on any atom is 0.343 e. The smallest absolute Gasteiger partial charge is 0.343 e. The highest BCUT2D eigenvalue weighted by Gasteiger charge is 2.23. The van der Waals surface area contributed by atoms with Crippen LogP contribution in [0.15, 0.2) is 46.2 Å². The molecule has 0 aliphatic rings. The Morgan fingerprint density at radius 3 is 2.04 bits per heavy atom. The first-order chi connectivity index (χ1) is 10.5. The van der Waals surface area contributed by atoms with E-state index in [0.717, 1.165) is 24.3 Å². The number of hydrogen-bond acceptors (Lipinski definition) is 8. The van der Waals surface area contributed by atoms with Crippen LogP contribution in [-0.2, 0) is 20.2 Å². The summed E-state index contributed by atoms with van der Waals surface area (Å²) in [5.74, 6) is -1.91. The number of phenols is 2. The lowest BCUT2D eigenvalue weighted by atomic mass is 10.3. The van der Waals surface area contributed by atoms with E-state index in [0.29, 0.717) is 6.07 Å². The highest BCUT2D eigenvalue weighted by molar-refractivity contribution is 7.87. The molecular formula is C12H11NO8S2. The zero-order valence-electron chi connectivity index (χ0n) is 11.2. The van der Waals surface area contributed by atoms with Gasteiger partial charge in [0, 0.05) is 11.8 Å². The highest BCUT2D eigenvalue weighted by atomic mass is 32.2. The average Bonchev–Trinajstić information content (AvgIpc) is 2.42. The molecule has 0 unspecified atom stereocenters. The van der Waals surface area contributed by atoms with Gasteiger partial charge < -0.3 is 20.1 Å². The number of phenolic OH excluding ortho intramolecular Hbond substituents is 2. The monoisotopic (exact) mass is 361 g/mol. The zero-order chi connectivity index (χ0) is 17.4. The molecule has 0 saturated carbocycles. The molecular weight excluding hydrogens is 350 g/mol. The third-order valence-corrected chi connectivity index (χ3v) is 4.83. The summed E-state index contributed by atoms with van der Waals surface area (Å²) in [6.45, 7) is 0. The molecule has 0 radical (unpaired) electrons. The van der Waals surface area contributed by atoms with E-state index in [9.17, 15) is 27.0 Å². The van der Waals surface area contributed by atoms with Gasteiger partial charge in [0.05, 0.1) is 0 Å². The molecule has 9 nitrogen and oxygen atoms in total. The van der Waals surface area contributed by atoms with Crippen LogP contribution in [0.3, 0.4) is 0 Å². The van der Waals surface area contributed by atoms with E-state index in [1.165, 1.54) is 6.07 Å². The van der Waals surface area contributed by atoms with Gasteiger partial charge in [0.25, 0.3) is 10.1 Å². The second kappa shape index (κ2) is 5.61. The maximum atomic E-state index is 12.1. The van der Waals surface area contributed by atoms with Crippen LogP contribution in [0.2, 0.25) is 0 Å². The van der Waals surface area contributed by atoms with Crippen molar-refractivity contribution in [2.75, 3.05) is 5.73 Å². The molecule has 0 aromatic heterocycles. The molecule has 0 fully saturated rings. The second-order valence-electron chi connectivity index (χ2n) is 4.37. The molecule has 0 spiro atoms. The minimum Gasteiger partial charge on any atom is -0.506 e. The molecule has 0 aliphatic carbocycles. The van der Waals surface area contributed by atoms with Crippen LogP contribution in [0.5, 0.6) is 17.2 Å². The van der Waals surface area contributed by atoms with Gasteiger partial charge in [-0.15, -0.1) is 0 Å². The van der Waals surface area contributed by atoms with E-state index in [2.05, 4.69) is 4.18 Å². The molecule has 0 amide bonds. The molecule has 0 saturated heterocycles. The Balaban J connectivity index is 2.48. The fourth-order valence-electron chi connectivity index (χ4n) is 1.66. The number of rotatable bonds is 4. The Morgan fingerprint density at radius 2 is 1.43 bits per heavy atom. The molecule has 0 heterocycles. The van der Waals surface area contributed by atoms with Crippen LogP contribution in [0.4, 0.5) is 5.69 Å². The zero-order valence-corrected chi connectivity index (χ0v) is 12.9. The Bertz CT molecular complexity index is 967. The van der Waals surface area contributed by atoms with Crippen molar-refractivity contribution < 1.29 is 35.8 Å². The van der Waals surface area contributed by atoms with Crippen molar-refractivity contribution in [3.05, 3.63) is 36.4 Å². The van der Waals surface area contributed by atoms with Gasteiger partial charge in [-0.2, -0.15) is 16.8 Å². The quantitative estimate of drug-likeness (QED) is 0.265. The standard InChI is InChI=1S/C12H11NO8S2/c13-7-1-3-10(15)12(5-7)23(19,20)21-8-2-4-9(14)11(6-8)22(16,17)18/h1-6,14-15H,13H2,(H,16,17,18). The molecule has 0 aliphatic heterocycles. The molecule has 2 rings (SSSR count). The van der Waals surface area contributed by atoms with Crippen LogP contribution in [0, 0.1) is 0 Å². The van der Waals surface area contributed by atoms with E-state index in [1.807, 2.05) is 0 Å². The van der Waals surface area contributed by atoms with Gasteiger partial charge in [0.1, 0.15) is 27.0 Å². The topological polar surface area (TPSA) is 164 Å². The summed E-state index contributed by atoms with van der Waals surface area (Å²) >= 11 is 0.